The molecule has 106 valence electrons. The number of nitrogens with one attached hydrogen (secondary N) is 1. The fraction of sp³-hybridized carbons (Fsp3) is 0.143. The lowest BCUT2D eigenvalue weighted by atomic mass is 10.1. The highest BCUT2D eigenvalue weighted by atomic mass is 32.2. The first-order valence-electron chi connectivity index (χ1n) is 6.00. The van der Waals surface area contributed by atoms with Crippen LogP contribution in [0.1, 0.15) is 11.1 Å². The molecule has 0 aliphatic rings. The van der Waals surface area contributed by atoms with E-state index in [2.05, 4.69) is 4.72 Å². The van der Waals surface area contributed by atoms with Crippen molar-refractivity contribution < 1.29 is 12.8 Å². The molecule has 0 aromatic heterocycles. The molecule has 0 spiro atoms. The molecule has 3 N–H and O–H groups in total. The van der Waals surface area contributed by atoms with Crippen LogP contribution < -0.4 is 10.5 Å². The molecule has 0 aliphatic heterocycles. The fourth-order valence-electron chi connectivity index (χ4n) is 1.74. The minimum absolute atomic E-state index is 0.116. The largest absolute Gasteiger partial charge is 0.326 e. The smallest absolute Gasteiger partial charge is 0.262 e. The lowest BCUT2D eigenvalue weighted by molar-refractivity contribution is 0.595. The fourth-order valence-corrected chi connectivity index (χ4v) is 2.90. The third-order valence-corrected chi connectivity index (χ3v) is 4.25. The Labute approximate surface area is 117 Å². The Morgan fingerprint density at radius 3 is 2.60 bits per heavy atom. The molecular weight excluding hydrogens is 279 g/mol. The molecule has 4 nitrogen and oxygen atoms in total. The number of nitrogens with two attached hydrogens (primary N) is 1. The Morgan fingerprint density at radius 2 is 1.95 bits per heavy atom. The summed E-state index contributed by atoms with van der Waals surface area (Å²) in [6.07, 6.45) is 0. The highest BCUT2D eigenvalue weighted by molar-refractivity contribution is 7.92. The molecule has 2 aromatic carbocycles. The van der Waals surface area contributed by atoms with Gasteiger partial charge in [-0.1, -0.05) is 18.2 Å². The average Bonchev–Trinajstić information content (AvgIpc) is 2.41. The van der Waals surface area contributed by atoms with E-state index in [0.717, 1.165) is 17.2 Å². The molecule has 0 unspecified atom stereocenters. The van der Waals surface area contributed by atoms with E-state index in [1.54, 1.807) is 19.1 Å². The normalized spacial score (nSPS) is 11.3. The Morgan fingerprint density at radius 1 is 1.20 bits per heavy atom. The van der Waals surface area contributed by atoms with Crippen molar-refractivity contribution in [1.29, 1.82) is 0 Å². The Kier molecular flexibility index (Phi) is 4.06. The first-order valence-corrected chi connectivity index (χ1v) is 7.48. The van der Waals surface area contributed by atoms with Crippen molar-refractivity contribution in [2.24, 2.45) is 5.73 Å². The second kappa shape index (κ2) is 5.60. The van der Waals surface area contributed by atoms with Crippen molar-refractivity contribution in [1.82, 2.24) is 0 Å². The van der Waals surface area contributed by atoms with Crippen molar-refractivity contribution in [3.63, 3.8) is 0 Å². The first kappa shape index (κ1) is 14.5. The summed E-state index contributed by atoms with van der Waals surface area (Å²) in [5, 5.41) is 0. The third-order valence-electron chi connectivity index (χ3n) is 2.89. The molecule has 20 heavy (non-hydrogen) atoms. The van der Waals surface area contributed by atoms with Crippen molar-refractivity contribution in [2.45, 2.75) is 18.4 Å². The van der Waals surface area contributed by atoms with Crippen LogP contribution >= 0.6 is 0 Å². The molecule has 0 fully saturated rings. The molecule has 0 bridgehead atoms. The van der Waals surface area contributed by atoms with Gasteiger partial charge in [0.2, 0.25) is 0 Å². The van der Waals surface area contributed by atoms with Crippen molar-refractivity contribution >= 4 is 15.7 Å². The van der Waals surface area contributed by atoms with Gasteiger partial charge in [-0.05, 0) is 42.3 Å². The summed E-state index contributed by atoms with van der Waals surface area (Å²) in [6.45, 7) is 2.10. The second-order valence-electron chi connectivity index (χ2n) is 4.42. The summed E-state index contributed by atoms with van der Waals surface area (Å²) in [7, 11) is -3.81. The molecule has 0 saturated heterocycles. The zero-order valence-electron chi connectivity index (χ0n) is 10.9. The number of benzene rings is 2. The van der Waals surface area contributed by atoms with E-state index in [1.165, 1.54) is 18.2 Å². The number of aryl methyl sites for hydroxylation is 1. The quantitative estimate of drug-likeness (QED) is 0.909. The second-order valence-corrected chi connectivity index (χ2v) is 6.10. The van der Waals surface area contributed by atoms with E-state index in [-0.39, 0.29) is 4.90 Å². The van der Waals surface area contributed by atoms with Gasteiger partial charge < -0.3 is 5.73 Å². The lowest BCUT2D eigenvalue weighted by Gasteiger charge is -2.12. The number of halogens is 1. The van der Waals surface area contributed by atoms with Crippen LogP contribution in [-0.2, 0) is 16.6 Å². The van der Waals surface area contributed by atoms with Crippen LogP contribution in [0.4, 0.5) is 10.1 Å². The summed E-state index contributed by atoms with van der Waals surface area (Å²) in [5.74, 6) is -0.597. The maximum Gasteiger partial charge on any atom is 0.262 e. The van der Waals surface area contributed by atoms with Gasteiger partial charge >= 0.3 is 0 Å². The molecular formula is C14H15FN2O2S. The van der Waals surface area contributed by atoms with E-state index >= 15 is 0 Å². The SMILES string of the molecule is Cc1ccc(CN)cc1NS(=O)(=O)c1cccc(F)c1. The van der Waals surface area contributed by atoms with Gasteiger partial charge in [0.1, 0.15) is 5.82 Å². The van der Waals surface area contributed by atoms with E-state index in [1.807, 2.05) is 6.07 Å². The summed E-state index contributed by atoms with van der Waals surface area (Å²) >= 11 is 0. The van der Waals surface area contributed by atoms with Gasteiger partial charge in [0.25, 0.3) is 10.0 Å². The summed E-state index contributed by atoms with van der Waals surface area (Å²) in [4.78, 5) is -0.116. The topological polar surface area (TPSA) is 72.2 Å². The standard InChI is InChI=1S/C14H15FN2O2S/c1-10-5-6-11(9-16)7-14(10)17-20(18,19)13-4-2-3-12(15)8-13/h2-8,17H,9,16H2,1H3. The lowest BCUT2D eigenvalue weighted by Crippen LogP contribution is -2.14. The summed E-state index contributed by atoms with van der Waals surface area (Å²) < 4.78 is 40.0. The highest BCUT2D eigenvalue weighted by Gasteiger charge is 2.16. The van der Waals surface area contributed by atoms with E-state index in [4.69, 9.17) is 5.73 Å². The number of hydrogen-bond acceptors (Lipinski definition) is 3. The molecule has 0 heterocycles. The maximum absolute atomic E-state index is 13.1. The van der Waals surface area contributed by atoms with Crippen LogP contribution in [-0.4, -0.2) is 8.42 Å². The van der Waals surface area contributed by atoms with Crippen LogP contribution in [0.5, 0.6) is 0 Å². The third kappa shape index (κ3) is 3.15. The zero-order chi connectivity index (χ0) is 14.8. The van der Waals surface area contributed by atoms with Gasteiger partial charge in [0.15, 0.2) is 0 Å². The van der Waals surface area contributed by atoms with Crippen LogP contribution in [0.3, 0.4) is 0 Å². The monoisotopic (exact) mass is 294 g/mol. The number of anilines is 1. The minimum atomic E-state index is -3.81. The van der Waals surface area contributed by atoms with Crippen LogP contribution in [0.2, 0.25) is 0 Å². The Hall–Kier alpha value is -1.92. The molecule has 0 saturated carbocycles. The van der Waals surface area contributed by atoms with Crippen molar-refractivity contribution in [3.05, 3.63) is 59.4 Å². The molecule has 0 amide bonds. The molecule has 0 atom stereocenters. The minimum Gasteiger partial charge on any atom is -0.326 e. The van der Waals surface area contributed by atoms with Gasteiger partial charge in [-0.3, -0.25) is 4.72 Å². The van der Waals surface area contributed by atoms with E-state index in [9.17, 15) is 12.8 Å². The molecule has 6 heteroatoms. The first-order chi connectivity index (χ1) is 9.42. The van der Waals surface area contributed by atoms with Crippen LogP contribution in [0.25, 0.3) is 0 Å². The van der Waals surface area contributed by atoms with E-state index in [0.29, 0.717) is 12.2 Å². The zero-order valence-corrected chi connectivity index (χ0v) is 11.7. The van der Waals surface area contributed by atoms with Crippen molar-refractivity contribution in [3.8, 4) is 0 Å². The highest BCUT2D eigenvalue weighted by Crippen LogP contribution is 2.21. The van der Waals surface area contributed by atoms with Gasteiger partial charge in [-0.2, -0.15) is 0 Å². The van der Waals surface area contributed by atoms with Crippen LogP contribution in [0.15, 0.2) is 47.4 Å². The number of sulfonamides is 1. The predicted octanol–water partition coefficient (Wildman–Crippen LogP) is 2.39. The van der Waals surface area contributed by atoms with Gasteiger partial charge in [-0.25, -0.2) is 12.8 Å². The number of hydrogen-bond donors (Lipinski definition) is 2. The van der Waals surface area contributed by atoms with Gasteiger partial charge in [0, 0.05) is 6.54 Å². The van der Waals surface area contributed by atoms with Gasteiger partial charge in [0.05, 0.1) is 10.6 Å². The molecule has 2 aromatic rings. The number of rotatable bonds is 4. The maximum atomic E-state index is 13.1. The summed E-state index contributed by atoms with van der Waals surface area (Å²) in [6, 6.07) is 10.2. The Balaban J connectivity index is 2.38. The van der Waals surface area contributed by atoms with Gasteiger partial charge in [-0.15, -0.1) is 0 Å². The average molecular weight is 294 g/mol. The van der Waals surface area contributed by atoms with E-state index < -0.39 is 15.8 Å². The van der Waals surface area contributed by atoms with Crippen LogP contribution in [0, 0.1) is 12.7 Å². The molecule has 0 aliphatic carbocycles. The summed E-state index contributed by atoms with van der Waals surface area (Å²) in [5.41, 5.74) is 7.56. The molecule has 2 rings (SSSR count). The molecule has 0 radical (unpaired) electrons. The predicted molar refractivity (Wildman–Crippen MR) is 76.3 cm³/mol. The Bertz CT molecular complexity index is 730. The van der Waals surface area contributed by atoms with Crippen molar-refractivity contribution in [2.75, 3.05) is 4.72 Å².